The Hall–Kier alpha value is -1.31. The first-order valence-electron chi connectivity index (χ1n) is 8.61. The zero-order valence-corrected chi connectivity index (χ0v) is 15.3. The Morgan fingerprint density at radius 3 is 2.83 bits per heavy atom. The van der Waals surface area contributed by atoms with Gasteiger partial charge in [-0.1, -0.05) is 25.9 Å². The van der Waals surface area contributed by atoms with E-state index in [0.29, 0.717) is 19.1 Å². The summed E-state index contributed by atoms with van der Waals surface area (Å²) in [7, 11) is 0. The summed E-state index contributed by atoms with van der Waals surface area (Å²) in [6.45, 7) is 9.70. The Labute approximate surface area is 146 Å². The summed E-state index contributed by atoms with van der Waals surface area (Å²) in [6.07, 6.45) is 2.40. The molecule has 2 aromatic rings. The second kappa shape index (κ2) is 6.20. The largest absolute Gasteiger partial charge is 0.368 e. The molecule has 0 aromatic carbocycles. The van der Waals surface area contributed by atoms with Crippen molar-refractivity contribution in [3.05, 3.63) is 27.8 Å². The maximum Gasteiger partial charge on any atom is 0.229 e. The molecule has 130 valence electrons. The molecule has 4 rings (SSSR count). The van der Waals surface area contributed by atoms with Gasteiger partial charge in [0.15, 0.2) is 5.82 Å². The number of morpholine rings is 1. The van der Waals surface area contributed by atoms with Crippen molar-refractivity contribution in [1.29, 1.82) is 0 Å². The van der Waals surface area contributed by atoms with E-state index in [2.05, 4.69) is 41.2 Å². The standard InChI is InChI=1S/C17H24N4O2S/c1-17(2,3)13-10-24-16(18-13)12-8-21(6-7-22-12)9-14-19-15(23-20-14)11-4-5-11/h10-12H,4-9H2,1-3H3. The number of hydrogen-bond donors (Lipinski definition) is 0. The lowest BCUT2D eigenvalue weighted by atomic mass is 9.93. The lowest BCUT2D eigenvalue weighted by Crippen LogP contribution is -2.38. The van der Waals surface area contributed by atoms with Gasteiger partial charge in [-0.25, -0.2) is 4.98 Å². The van der Waals surface area contributed by atoms with Crippen molar-refractivity contribution in [2.45, 2.75) is 57.6 Å². The van der Waals surface area contributed by atoms with Crippen molar-refractivity contribution in [3.63, 3.8) is 0 Å². The molecule has 0 radical (unpaired) electrons. The van der Waals surface area contributed by atoms with Gasteiger partial charge >= 0.3 is 0 Å². The molecule has 2 aromatic heterocycles. The van der Waals surface area contributed by atoms with E-state index in [0.717, 1.165) is 35.5 Å². The van der Waals surface area contributed by atoms with Crippen LogP contribution in [0.15, 0.2) is 9.90 Å². The summed E-state index contributed by atoms with van der Waals surface area (Å²) < 4.78 is 11.3. The van der Waals surface area contributed by atoms with Crippen molar-refractivity contribution in [2.24, 2.45) is 0 Å². The van der Waals surface area contributed by atoms with Crippen LogP contribution in [0.2, 0.25) is 0 Å². The molecule has 1 unspecified atom stereocenters. The minimum absolute atomic E-state index is 0.0367. The van der Waals surface area contributed by atoms with Crippen molar-refractivity contribution in [2.75, 3.05) is 19.7 Å². The number of aromatic nitrogens is 3. The molecular weight excluding hydrogens is 324 g/mol. The summed E-state index contributed by atoms with van der Waals surface area (Å²) in [5.41, 5.74) is 1.21. The highest BCUT2D eigenvalue weighted by Gasteiger charge is 2.31. The summed E-state index contributed by atoms with van der Waals surface area (Å²) in [5.74, 6) is 2.10. The molecule has 0 amide bonds. The number of thiazole rings is 1. The molecule has 1 saturated carbocycles. The number of rotatable bonds is 4. The third kappa shape index (κ3) is 3.53. The highest BCUT2D eigenvalue weighted by molar-refractivity contribution is 7.09. The van der Waals surface area contributed by atoms with Gasteiger partial charge in [0, 0.05) is 29.8 Å². The Morgan fingerprint density at radius 1 is 1.29 bits per heavy atom. The number of ether oxygens (including phenoxy) is 1. The van der Waals surface area contributed by atoms with Crippen molar-refractivity contribution >= 4 is 11.3 Å². The minimum Gasteiger partial charge on any atom is -0.368 e. The molecule has 3 heterocycles. The maximum absolute atomic E-state index is 5.95. The Bertz CT molecular complexity index is 702. The quantitative estimate of drug-likeness (QED) is 0.845. The molecule has 0 bridgehead atoms. The van der Waals surface area contributed by atoms with Gasteiger partial charge in [-0.05, 0) is 12.8 Å². The van der Waals surface area contributed by atoms with E-state index >= 15 is 0 Å². The molecule has 1 saturated heterocycles. The van der Waals surface area contributed by atoms with Crippen LogP contribution in [0.3, 0.4) is 0 Å². The van der Waals surface area contributed by atoms with E-state index < -0.39 is 0 Å². The lowest BCUT2D eigenvalue weighted by Gasteiger charge is -2.31. The van der Waals surface area contributed by atoms with Gasteiger partial charge in [0.1, 0.15) is 11.1 Å². The fourth-order valence-corrected chi connectivity index (χ4v) is 3.89. The van der Waals surface area contributed by atoms with Crippen LogP contribution >= 0.6 is 11.3 Å². The molecule has 6 nitrogen and oxygen atoms in total. The second-order valence-corrected chi connectivity index (χ2v) is 8.63. The molecule has 0 spiro atoms. The lowest BCUT2D eigenvalue weighted by molar-refractivity contribution is -0.0340. The van der Waals surface area contributed by atoms with Crippen LogP contribution in [0.5, 0.6) is 0 Å². The predicted molar refractivity (Wildman–Crippen MR) is 91.1 cm³/mol. The van der Waals surface area contributed by atoms with Gasteiger partial charge < -0.3 is 9.26 Å². The van der Waals surface area contributed by atoms with Crippen LogP contribution in [-0.4, -0.2) is 39.7 Å². The molecule has 2 fully saturated rings. The van der Waals surface area contributed by atoms with E-state index in [9.17, 15) is 0 Å². The molecule has 7 heteroatoms. The van der Waals surface area contributed by atoms with E-state index in [4.69, 9.17) is 14.2 Å². The van der Waals surface area contributed by atoms with Gasteiger partial charge in [-0.3, -0.25) is 4.90 Å². The van der Waals surface area contributed by atoms with E-state index in [1.807, 2.05) is 0 Å². The summed E-state index contributed by atoms with van der Waals surface area (Å²) in [4.78, 5) is 11.7. The first kappa shape index (κ1) is 16.2. The van der Waals surface area contributed by atoms with Crippen molar-refractivity contribution in [3.8, 4) is 0 Å². The number of nitrogens with zero attached hydrogens (tertiary/aromatic N) is 4. The van der Waals surface area contributed by atoms with Gasteiger partial charge in [-0.2, -0.15) is 4.98 Å². The zero-order chi connectivity index (χ0) is 16.7. The molecule has 2 aliphatic rings. The van der Waals surface area contributed by atoms with Crippen molar-refractivity contribution < 1.29 is 9.26 Å². The van der Waals surface area contributed by atoms with Crippen LogP contribution in [-0.2, 0) is 16.7 Å². The molecular formula is C17H24N4O2S. The normalized spacial score (nSPS) is 22.9. The van der Waals surface area contributed by atoms with Gasteiger partial charge in [-0.15, -0.1) is 11.3 Å². The molecule has 1 atom stereocenters. The fraction of sp³-hybridized carbons (Fsp3) is 0.706. The summed E-state index contributed by atoms with van der Waals surface area (Å²) >= 11 is 1.70. The third-order valence-electron chi connectivity index (χ3n) is 4.49. The van der Waals surface area contributed by atoms with Crippen LogP contribution in [0.1, 0.15) is 68.1 Å². The Balaban J connectivity index is 1.40. The first-order valence-corrected chi connectivity index (χ1v) is 9.49. The van der Waals surface area contributed by atoms with E-state index in [1.165, 1.54) is 12.8 Å². The van der Waals surface area contributed by atoms with Crippen LogP contribution in [0.4, 0.5) is 0 Å². The van der Waals surface area contributed by atoms with Gasteiger partial charge in [0.25, 0.3) is 0 Å². The first-order chi connectivity index (χ1) is 11.5. The monoisotopic (exact) mass is 348 g/mol. The molecule has 1 aliphatic heterocycles. The highest BCUT2D eigenvalue weighted by Crippen LogP contribution is 2.39. The fourth-order valence-electron chi connectivity index (χ4n) is 2.80. The second-order valence-electron chi connectivity index (χ2n) is 7.74. The van der Waals surface area contributed by atoms with Crippen LogP contribution in [0.25, 0.3) is 0 Å². The summed E-state index contributed by atoms with van der Waals surface area (Å²) in [6, 6.07) is 0. The van der Waals surface area contributed by atoms with Crippen LogP contribution in [0, 0.1) is 0 Å². The Kier molecular flexibility index (Phi) is 4.18. The van der Waals surface area contributed by atoms with Gasteiger partial charge in [0.2, 0.25) is 5.89 Å². The average molecular weight is 348 g/mol. The number of hydrogen-bond acceptors (Lipinski definition) is 7. The molecule has 0 N–H and O–H groups in total. The highest BCUT2D eigenvalue weighted by atomic mass is 32.1. The van der Waals surface area contributed by atoms with Crippen molar-refractivity contribution in [1.82, 2.24) is 20.0 Å². The SMILES string of the molecule is CC(C)(C)c1csc(C2CN(Cc3noc(C4CC4)n3)CCO2)n1. The van der Waals surface area contributed by atoms with E-state index in [-0.39, 0.29) is 11.5 Å². The summed E-state index contributed by atoms with van der Waals surface area (Å²) in [5, 5.41) is 7.34. The van der Waals surface area contributed by atoms with E-state index in [1.54, 1.807) is 11.3 Å². The van der Waals surface area contributed by atoms with Gasteiger partial charge in [0.05, 0.1) is 18.8 Å². The maximum atomic E-state index is 5.95. The van der Waals surface area contributed by atoms with Crippen LogP contribution < -0.4 is 0 Å². The topological polar surface area (TPSA) is 64.3 Å². The third-order valence-corrected chi connectivity index (χ3v) is 5.43. The smallest absolute Gasteiger partial charge is 0.229 e. The zero-order valence-electron chi connectivity index (χ0n) is 14.5. The molecule has 1 aliphatic carbocycles. The average Bonchev–Trinajstić information content (AvgIpc) is 3.08. The molecule has 24 heavy (non-hydrogen) atoms. The minimum atomic E-state index is 0.0367. The Morgan fingerprint density at radius 2 is 2.12 bits per heavy atom. The predicted octanol–water partition coefficient (Wildman–Crippen LogP) is 3.27.